The Morgan fingerprint density at radius 3 is 2.42 bits per heavy atom. The van der Waals surface area contributed by atoms with Crippen LogP contribution in [0, 0.1) is 0 Å². The molecule has 0 amide bonds. The number of nitrogens with one attached hydrogen (secondary N) is 1. The Morgan fingerprint density at radius 2 is 2.00 bits per heavy atom. The van der Waals surface area contributed by atoms with Crippen molar-refractivity contribution in [3.63, 3.8) is 0 Å². The lowest BCUT2D eigenvalue weighted by molar-refractivity contribution is 0.104. The minimum Gasteiger partial charge on any atom is -0.383 e. The molecule has 0 aromatic heterocycles. The zero-order valence-electron chi connectivity index (χ0n) is 8.59. The summed E-state index contributed by atoms with van der Waals surface area (Å²) in [5, 5.41) is 3.37. The van der Waals surface area contributed by atoms with Crippen LogP contribution in [0.1, 0.15) is 20.3 Å². The van der Waals surface area contributed by atoms with Crippen LogP contribution in [0.2, 0.25) is 0 Å². The van der Waals surface area contributed by atoms with Gasteiger partial charge in [-0.1, -0.05) is 6.92 Å². The van der Waals surface area contributed by atoms with Gasteiger partial charge in [-0.05, 0) is 13.3 Å². The highest BCUT2D eigenvalue weighted by molar-refractivity contribution is 4.65. The van der Waals surface area contributed by atoms with Gasteiger partial charge in [0, 0.05) is 26.8 Å². The van der Waals surface area contributed by atoms with Crippen molar-refractivity contribution >= 4 is 0 Å². The summed E-state index contributed by atoms with van der Waals surface area (Å²) >= 11 is 0. The van der Waals surface area contributed by atoms with Gasteiger partial charge in [-0.3, -0.25) is 0 Å². The lowest BCUT2D eigenvalue weighted by atomic mass is 10.2. The molecule has 0 spiro atoms. The normalized spacial score (nSPS) is 16.0. The number of methoxy groups -OCH3 is 2. The van der Waals surface area contributed by atoms with Crippen LogP contribution >= 0.6 is 0 Å². The molecule has 0 saturated carbocycles. The van der Waals surface area contributed by atoms with E-state index >= 15 is 0 Å². The van der Waals surface area contributed by atoms with Crippen molar-refractivity contribution in [2.45, 2.75) is 32.4 Å². The highest BCUT2D eigenvalue weighted by atomic mass is 16.5. The average molecular weight is 175 g/mol. The van der Waals surface area contributed by atoms with Crippen LogP contribution in [0.25, 0.3) is 0 Å². The molecular formula is C9H21NO2. The van der Waals surface area contributed by atoms with E-state index in [0.29, 0.717) is 6.04 Å². The summed E-state index contributed by atoms with van der Waals surface area (Å²) in [7, 11) is 3.45. The van der Waals surface area contributed by atoms with Crippen LogP contribution in [-0.2, 0) is 9.47 Å². The molecule has 0 aliphatic heterocycles. The monoisotopic (exact) mass is 175 g/mol. The highest BCUT2D eigenvalue weighted by Gasteiger charge is 2.06. The second-order valence-electron chi connectivity index (χ2n) is 3.02. The summed E-state index contributed by atoms with van der Waals surface area (Å²) in [5.74, 6) is 0. The minimum absolute atomic E-state index is 0.274. The first-order valence-electron chi connectivity index (χ1n) is 4.49. The first kappa shape index (κ1) is 11.9. The van der Waals surface area contributed by atoms with E-state index in [4.69, 9.17) is 9.47 Å². The van der Waals surface area contributed by atoms with Crippen molar-refractivity contribution < 1.29 is 9.47 Å². The van der Waals surface area contributed by atoms with E-state index in [1.54, 1.807) is 14.2 Å². The van der Waals surface area contributed by atoms with E-state index < -0.39 is 0 Å². The summed E-state index contributed by atoms with van der Waals surface area (Å²) in [6, 6.07) is 0.451. The summed E-state index contributed by atoms with van der Waals surface area (Å²) in [6.07, 6.45) is 1.36. The average Bonchev–Trinajstić information content (AvgIpc) is 2.11. The Kier molecular flexibility index (Phi) is 7.45. The van der Waals surface area contributed by atoms with Crippen molar-refractivity contribution in [3.05, 3.63) is 0 Å². The summed E-state index contributed by atoms with van der Waals surface area (Å²) < 4.78 is 10.2. The lowest BCUT2D eigenvalue weighted by Crippen LogP contribution is -2.37. The molecule has 0 radical (unpaired) electrons. The molecule has 74 valence electrons. The maximum absolute atomic E-state index is 5.12. The summed E-state index contributed by atoms with van der Waals surface area (Å²) in [6.45, 7) is 5.85. The van der Waals surface area contributed by atoms with E-state index in [2.05, 4.69) is 12.2 Å². The van der Waals surface area contributed by atoms with Gasteiger partial charge in [-0.25, -0.2) is 0 Å². The molecule has 0 heterocycles. The Morgan fingerprint density at radius 1 is 1.33 bits per heavy atom. The predicted molar refractivity (Wildman–Crippen MR) is 50.4 cm³/mol. The van der Waals surface area contributed by atoms with Gasteiger partial charge in [-0.2, -0.15) is 0 Å². The number of ether oxygens (including phenoxy) is 2. The molecule has 0 aliphatic rings. The Balaban J connectivity index is 3.43. The van der Waals surface area contributed by atoms with Gasteiger partial charge in [0.05, 0.1) is 12.7 Å². The molecule has 0 aromatic carbocycles. The van der Waals surface area contributed by atoms with Crippen molar-refractivity contribution in [3.8, 4) is 0 Å². The standard InChI is InChI=1S/C9H21NO2/c1-5-9(7-11-3)10-6-8(2)12-4/h8-10H,5-7H2,1-4H3. The van der Waals surface area contributed by atoms with Crippen LogP contribution in [0.5, 0.6) is 0 Å². The molecule has 0 aromatic rings. The van der Waals surface area contributed by atoms with E-state index in [0.717, 1.165) is 19.6 Å². The largest absolute Gasteiger partial charge is 0.383 e. The lowest BCUT2D eigenvalue weighted by Gasteiger charge is -2.18. The van der Waals surface area contributed by atoms with Crippen LogP contribution < -0.4 is 5.32 Å². The van der Waals surface area contributed by atoms with Gasteiger partial charge in [0.15, 0.2) is 0 Å². The molecule has 0 bridgehead atoms. The Hall–Kier alpha value is -0.120. The summed E-state index contributed by atoms with van der Waals surface area (Å²) in [4.78, 5) is 0. The van der Waals surface area contributed by atoms with Crippen molar-refractivity contribution in [1.82, 2.24) is 5.32 Å². The van der Waals surface area contributed by atoms with Crippen molar-refractivity contribution in [2.24, 2.45) is 0 Å². The molecule has 1 N–H and O–H groups in total. The zero-order chi connectivity index (χ0) is 9.40. The van der Waals surface area contributed by atoms with Gasteiger partial charge >= 0.3 is 0 Å². The van der Waals surface area contributed by atoms with E-state index in [-0.39, 0.29) is 6.10 Å². The van der Waals surface area contributed by atoms with E-state index in [9.17, 15) is 0 Å². The number of hydrogen-bond donors (Lipinski definition) is 1. The first-order chi connectivity index (χ1) is 5.74. The third-order valence-electron chi connectivity index (χ3n) is 1.96. The van der Waals surface area contributed by atoms with E-state index in [1.165, 1.54) is 0 Å². The quantitative estimate of drug-likeness (QED) is 0.627. The first-order valence-corrected chi connectivity index (χ1v) is 4.49. The SMILES string of the molecule is CCC(COC)NCC(C)OC. The van der Waals surface area contributed by atoms with Crippen LogP contribution in [0.15, 0.2) is 0 Å². The smallest absolute Gasteiger partial charge is 0.0667 e. The van der Waals surface area contributed by atoms with Gasteiger partial charge < -0.3 is 14.8 Å². The van der Waals surface area contributed by atoms with Gasteiger partial charge in [0.1, 0.15) is 0 Å². The molecule has 0 saturated heterocycles. The maximum Gasteiger partial charge on any atom is 0.0667 e. The molecule has 0 aliphatic carbocycles. The van der Waals surface area contributed by atoms with Crippen LogP contribution in [0.3, 0.4) is 0 Å². The topological polar surface area (TPSA) is 30.5 Å². The predicted octanol–water partition coefficient (Wildman–Crippen LogP) is 1.04. The maximum atomic E-state index is 5.12. The Labute approximate surface area is 75.4 Å². The van der Waals surface area contributed by atoms with E-state index in [1.807, 2.05) is 6.92 Å². The molecule has 2 atom stereocenters. The number of hydrogen-bond acceptors (Lipinski definition) is 3. The fourth-order valence-electron chi connectivity index (χ4n) is 0.938. The van der Waals surface area contributed by atoms with Crippen molar-refractivity contribution in [2.75, 3.05) is 27.4 Å². The summed E-state index contributed by atoms with van der Waals surface area (Å²) in [5.41, 5.74) is 0. The molecule has 2 unspecified atom stereocenters. The van der Waals surface area contributed by atoms with Gasteiger partial charge in [-0.15, -0.1) is 0 Å². The molecular weight excluding hydrogens is 154 g/mol. The van der Waals surface area contributed by atoms with Gasteiger partial charge in [0.25, 0.3) is 0 Å². The second-order valence-corrected chi connectivity index (χ2v) is 3.02. The van der Waals surface area contributed by atoms with Crippen molar-refractivity contribution in [1.29, 1.82) is 0 Å². The third-order valence-corrected chi connectivity index (χ3v) is 1.96. The highest BCUT2D eigenvalue weighted by Crippen LogP contribution is 1.92. The molecule has 3 heteroatoms. The molecule has 12 heavy (non-hydrogen) atoms. The number of rotatable bonds is 7. The van der Waals surface area contributed by atoms with Gasteiger partial charge in [0.2, 0.25) is 0 Å². The minimum atomic E-state index is 0.274. The molecule has 3 nitrogen and oxygen atoms in total. The fourth-order valence-corrected chi connectivity index (χ4v) is 0.938. The Bertz CT molecular complexity index is 98.5. The molecule has 0 rings (SSSR count). The molecule has 0 fully saturated rings. The second kappa shape index (κ2) is 7.53. The zero-order valence-corrected chi connectivity index (χ0v) is 8.59. The van der Waals surface area contributed by atoms with Crippen LogP contribution in [0.4, 0.5) is 0 Å². The van der Waals surface area contributed by atoms with Crippen LogP contribution in [-0.4, -0.2) is 39.5 Å². The third kappa shape index (κ3) is 5.52. The fraction of sp³-hybridized carbons (Fsp3) is 1.00.